The summed E-state index contributed by atoms with van der Waals surface area (Å²) in [7, 11) is 7.92. The molecule has 0 aromatic heterocycles. The van der Waals surface area contributed by atoms with Crippen LogP contribution in [0.25, 0.3) is 0 Å². The first-order valence-electron chi connectivity index (χ1n) is 5.06. The van der Waals surface area contributed by atoms with E-state index in [4.69, 9.17) is 14.2 Å². The maximum Gasteiger partial charge on any atom is 0.253 e. The van der Waals surface area contributed by atoms with Crippen LogP contribution >= 0.6 is 0 Å². The molecule has 0 fully saturated rings. The van der Waals surface area contributed by atoms with Crippen molar-refractivity contribution < 1.29 is 19.0 Å². The van der Waals surface area contributed by atoms with Gasteiger partial charge in [-0.25, -0.2) is 0 Å². The van der Waals surface area contributed by atoms with Gasteiger partial charge in [-0.2, -0.15) is 0 Å². The van der Waals surface area contributed by atoms with Crippen molar-refractivity contribution >= 4 is 5.91 Å². The molecule has 0 spiro atoms. The van der Waals surface area contributed by atoms with Crippen LogP contribution < -0.4 is 14.2 Å². The van der Waals surface area contributed by atoms with Crippen LogP contribution in [0.1, 0.15) is 10.4 Å². The van der Waals surface area contributed by atoms with E-state index in [9.17, 15) is 4.79 Å². The van der Waals surface area contributed by atoms with E-state index in [1.54, 1.807) is 26.2 Å². The molecule has 0 aliphatic rings. The lowest BCUT2D eigenvalue weighted by molar-refractivity contribution is 0.0826. The topological polar surface area (TPSA) is 48.0 Å². The van der Waals surface area contributed by atoms with Crippen molar-refractivity contribution in [1.29, 1.82) is 0 Å². The normalized spacial score (nSPS) is 9.71. The lowest BCUT2D eigenvalue weighted by atomic mass is 10.1. The minimum Gasteiger partial charge on any atom is -0.493 e. The molecule has 1 aromatic rings. The van der Waals surface area contributed by atoms with Gasteiger partial charge in [0.05, 0.1) is 21.3 Å². The first-order chi connectivity index (χ1) is 8.04. The summed E-state index contributed by atoms with van der Waals surface area (Å²) in [6.07, 6.45) is 0. The molecule has 17 heavy (non-hydrogen) atoms. The van der Waals surface area contributed by atoms with E-state index in [2.05, 4.69) is 0 Å². The standard InChI is InChI=1S/C12H17NO4/c1-13(2)12(14)8-6-9(15-3)11(17-5)10(7-8)16-4/h6-7H,1-5H3. The molecule has 0 saturated heterocycles. The number of rotatable bonds is 4. The Bertz CT molecular complexity index is 390. The predicted octanol–water partition coefficient (Wildman–Crippen LogP) is 1.41. The van der Waals surface area contributed by atoms with Gasteiger partial charge in [-0.3, -0.25) is 4.79 Å². The number of amides is 1. The van der Waals surface area contributed by atoms with Gasteiger partial charge in [0.15, 0.2) is 11.5 Å². The van der Waals surface area contributed by atoms with E-state index < -0.39 is 0 Å². The number of carbonyl (C=O) groups is 1. The second-order valence-electron chi connectivity index (χ2n) is 3.61. The molecule has 0 radical (unpaired) electrons. The zero-order chi connectivity index (χ0) is 13.0. The molecule has 0 saturated carbocycles. The summed E-state index contributed by atoms with van der Waals surface area (Å²) in [4.78, 5) is 13.3. The lowest BCUT2D eigenvalue weighted by Crippen LogP contribution is -2.21. The highest BCUT2D eigenvalue weighted by atomic mass is 16.5. The maximum absolute atomic E-state index is 11.9. The molecule has 1 amide bonds. The summed E-state index contributed by atoms with van der Waals surface area (Å²) in [5, 5.41) is 0. The van der Waals surface area contributed by atoms with Gasteiger partial charge in [0.1, 0.15) is 0 Å². The summed E-state index contributed by atoms with van der Waals surface area (Å²) < 4.78 is 15.5. The Morgan fingerprint density at radius 2 is 1.47 bits per heavy atom. The first kappa shape index (κ1) is 13.2. The highest BCUT2D eigenvalue weighted by Crippen LogP contribution is 2.38. The van der Waals surface area contributed by atoms with Crippen LogP contribution in [0.15, 0.2) is 12.1 Å². The van der Waals surface area contributed by atoms with E-state index in [0.717, 1.165) is 0 Å². The highest BCUT2D eigenvalue weighted by molar-refractivity contribution is 5.95. The largest absolute Gasteiger partial charge is 0.493 e. The summed E-state index contributed by atoms with van der Waals surface area (Å²) in [6, 6.07) is 3.26. The first-order valence-corrected chi connectivity index (χ1v) is 5.06. The minimum atomic E-state index is -0.121. The van der Waals surface area contributed by atoms with Crippen molar-refractivity contribution in [2.45, 2.75) is 0 Å². The minimum absolute atomic E-state index is 0.121. The van der Waals surface area contributed by atoms with Gasteiger partial charge in [-0.1, -0.05) is 0 Å². The molecule has 0 atom stereocenters. The molecule has 1 aromatic carbocycles. The van der Waals surface area contributed by atoms with Crippen LogP contribution in [0.4, 0.5) is 0 Å². The number of hydrogen-bond acceptors (Lipinski definition) is 4. The zero-order valence-corrected chi connectivity index (χ0v) is 10.7. The SMILES string of the molecule is COc1cc(C(=O)N(C)C)cc(OC)c1OC. The number of methoxy groups -OCH3 is 3. The molecule has 0 aliphatic carbocycles. The van der Waals surface area contributed by atoms with Crippen molar-refractivity contribution in [3.05, 3.63) is 17.7 Å². The van der Waals surface area contributed by atoms with Crippen molar-refractivity contribution in [3.63, 3.8) is 0 Å². The van der Waals surface area contributed by atoms with Crippen LogP contribution in [0, 0.1) is 0 Å². The van der Waals surface area contributed by atoms with Crippen LogP contribution in [-0.2, 0) is 0 Å². The Kier molecular flexibility index (Phi) is 4.20. The Morgan fingerprint density at radius 3 is 1.76 bits per heavy atom. The molecular weight excluding hydrogens is 222 g/mol. The van der Waals surface area contributed by atoms with Gasteiger partial charge in [0.2, 0.25) is 5.75 Å². The monoisotopic (exact) mass is 239 g/mol. The number of benzene rings is 1. The molecule has 1 rings (SSSR count). The van der Waals surface area contributed by atoms with Crippen molar-refractivity contribution in [2.24, 2.45) is 0 Å². The Labute approximate surface area is 101 Å². The van der Waals surface area contributed by atoms with E-state index in [1.807, 2.05) is 0 Å². The van der Waals surface area contributed by atoms with Crippen LogP contribution in [0.2, 0.25) is 0 Å². The van der Waals surface area contributed by atoms with Gasteiger partial charge in [0.25, 0.3) is 5.91 Å². The number of hydrogen-bond donors (Lipinski definition) is 0. The molecule has 0 N–H and O–H groups in total. The van der Waals surface area contributed by atoms with Gasteiger partial charge >= 0.3 is 0 Å². The van der Waals surface area contributed by atoms with Crippen molar-refractivity contribution in [1.82, 2.24) is 4.90 Å². The third-order valence-electron chi connectivity index (χ3n) is 2.32. The molecule has 0 bridgehead atoms. The van der Waals surface area contributed by atoms with E-state index in [1.165, 1.54) is 26.2 Å². The summed E-state index contributed by atoms with van der Waals surface area (Å²) in [6.45, 7) is 0. The van der Waals surface area contributed by atoms with E-state index >= 15 is 0 Å². The molecule has 0 unspecified atom stereocenters. The maximum atomic E-state index is 11.9. The smallest absolute Gasteiger partial charge is 0.253 e. The number of nitrogens with zero attached hydrogens (tertiary/aromatic N) is 1. The summed E-state index contributed by atoms with van der Waals surface area (Å²) >= 11 is 0. The van der Waals surface area contributed by atoms with Gasteiger partial charge in [-0.05, 0) is 12.1 Å². The average molecular weight is 239 g/mol. The zero-order valence-electron chi connectivity index (χ0n) is 10.7. The van der Waals surface area contributed by atoms with Crippen LogP contribution in [-0.4, -0.2) is 46.2 Å². The van der Waals surface area contributed by atoms with E-state index in [0.29, 0.717) is 22.8 Å². The van der Waals surface area contributed by atoms with Crippen LogP contribution in [0.5, 0.6) is 17.2 Å². The van der Waals surface area contributed by atoms with Crippen molar-refractivity contribution in [2.75, 3.05) is 35.4 Å². The number of carbonyl (C=O) groups excluding carboxylic acids is 1. The summed E-state index contributed by atoms with van der Waals surface area (Å²) in [5.41, 5.74) is 0.490. The fourth-order valence-electron chi connectivity index (χ4n) is 1.46. The molecule has 94 valence electrons. The van der Waals surface area contributed by atoms with Gasteiger partial charge in [-0.15, -0.1) is 0 Å². The molecular formula is C12H17NO4. The molecule has 0 heterocycles. The van der Waals surface area contributed by atoms with Crippen molar-refractivity contribution in [3.8, 4) is 17.2 Å². The lowest BCUT2D eigenvalue weighted by Gasteiger charge is -2.15. The van der Waals surface area contributed by atoms with Gasteiger partial charge in [0, 0.05) is 19.7 Å². The molecule has 5 heteroatoms. The third kappa shape index (κ3) is 2.61. The quantitative estimate of drug-likeness (QED) is 0.797. The Hall–Kier alpha value is -1.91. The number of ether oxygens (including phenoxy) is 3. The fraction of sp³-hybridized carbons (Fsp3) is 0.417. The Morgan fingerprint density at radius 1 is 1.00 bits per heavy atom. The summed E-state index contributed by atoms with van der Waals surface area (Å²) in [5.74, 6) is 1.30. The van der Waals surface area contributed by atoms with Gasteiger partial charge < -0.3 is 19.1 Å². The highest BCUT2D eigenvalue weighted by Gasteiger charge is 2.17. The van der Waals surface area contributed by atoms with Crippen LogP contribution in [0.3, 0.4) is 0 Å². The Balaban J connectivity index is 3.32. The molecule has 0 aliphatic heterocycles. The second-order valence-corrected chi connectivity index (χ2v) is 3.61. The molecule has 5 nitrogen and oxygen atoms in total. The predicted molar refractivity (Wildman–Crippen MR) is 64.1 cm³/mol. The second kappa shape index (κ2) is 5.43. The van der Waals surface area contributed by atoms with E-state index in [-0.39, 0.29) is 5.91 Å². The third-order valence-corrected chi connectivity index (χ3v) is 2.32. The fourth-order valence-corrected chi connectivity index (χ4v) is 1.46. The average Bonchev–Trinajstić information content (AvgIpc) is 2.35.